The van der Waals surface area contributed by atoms with Crippen LogP contribution in [0.3, 0.4) is 0 Å². The fourth-order valence-corrected chi connectivity index (χ4v) is 1.60. The third kappa shape index (κ3) is 2.91. The molecule has 0 fully saturated rings. The van der Waals surface area contributed by atoms with Crippen LogP contribution in [0.2, 0.25) is 0 Å². The molecule has 1 aromatic carbocycles. The maximum Gasteiger partial charge on any atom is 0.336 e. The maximum atomic E-state index is 11.8. The first kappa shape index (κ1) is 15.2. The number of nitrogens with one attached hydrogen (secondary N) is 1. The van der Waals surface area contributed by atoms with Crippen LogP contribution in [0.4, 0.5) is 0 Å². The normalized spacial score (nSPS) is 9.85. The minimum atomic E-state index is -1.51. The molecule has 106 valence electrons. The molecule has 0 bridgehead atoms. The van der Waals surface area contributed by atoms with Crippen LogP contribution in [0.25, 0.3) is 0 Å². The Morgan fingerprint density at radius 1 is 1.00 bits per heavy atom. The van der Waals surface area contributed by atoms with E-state index in [1.165, 1.54) is 0 Å². The summed E-state index contributed by atoms with van der Waals surface area (Å²) in [5.74, 6) is -4.79. The Balaban J connectivity index is 3.61. The van der Waals surface area contributed by atoms with Gasteiger partial charge in [0.25, 0.3) is 5.91 Å². The van der Waals surface area contributed by atoms with E-state index in [1.54, 1.807) is 6.92 Å². The summed E-state index contributed by atoms with van der Waals surface area (Å²) < 4.78 is 0. The molecular weight excluding hydrogens is 268 g/mol. The van der Waals surface area contributed by atoms with Crippen molar-refractivity contribution in [2.75, 3.05) is 6.54 Å². The molecule has 0 spiro atoms. The molecule has 8 heteroatoms. The van der Waals surface area contributed by atoms with Crippen molar-refractivity contribution in [1.29, 1.82) is 0 Å². The minimum absolute atomic E-state index is 0.241. The molecule has 1 aromatic rings. The number of amides is 2. The van der Waals surface area contributed by atoms with E-state index < -0.39 is 40.4 Å². The van der Waals surface area contributed by atoms with Gasteiger partial charge in [-0.2, -0.15) is 0 Å². The molecule has 0 atom stereocenters. The molecule has 2 amide bonds. The Morgan fingerprint density at radius 3 is 1.85 bits per heavy atom. The second-order valence-corrected chi connectivity index (χ2v) is 3.78. The van der Waals surface area contributed by atoms with Gasteiger partial charge >= 0.3 is 11.9 Å². The van der Waals surface area contributed by atoms with Gasteiger partial charge in [-0.25, -0.2) is 9.59 Å². The Kier molecular flexibility index (Phi) is 4.42. The van der Waals surface area contributed by atoms with Gasteiger partial charge in [0.05, 0.1) is 22.3 Å². The quantitative estimate of drug-likeness (QED) is 0.593. The summed E-state index contributed by atoms with van der Waals surface area (Å²) in [6.07, 6.45) is 0. The van der Waals surface area contributed by atoms with E-state index in [-0.39, 0.29) is 12.1 Å². The van der Waals surface area contributed by atoms with Crippen molar-refractivity contribution in [1.82, 2.24) is 5.32 Å². The fraction of sp³-hybridized carbons (Fsp3) is 0.167. The van der Waals surface area contributed by atoms with Crippen LogP contribution in [-0.2, 0) is 0 Å². The molecule has 5 N–H and O–H groups in total. The van der Waals surface area contributed by atoms with E-state index in [0.717, 1.165) is 12.1 Å². The van der Waals surface area contributed by atoms with Gasteiger partial charge in [0, 0.05) is 6.54 Å². The average Bonchev–Trinajstić information content (AvgIpc) is 2.36. The van der Waals surface area contributed by atoms with E-state index in [2.05, 4.69) is 5.32 Å². The standard InChI is InChI=1S/C12H12N2O6/c1-2-14-10(16)6-3-5(9(13)15)7(11(17)18)4-8(6)12(19)20/h3-4H,2H2,1H3,(H2,13,15)(H,14,16)(H,17,18)(H,19,20). The van der Waals surface area contributed by atoms with Crippen LogP contribution < -0.4 is 11.1 Å². The molecule has 0 radical (unpaired) electrons. The van der Waals surface area contributed by atoms with Crippen molar-refractivity contribution in [2.24, 2.45) is 5.73 Å². The molecule has 20 heavy (non-hydrogen) atoms. The van der Waals surface area contributed by atoms with Crippen molar-refractivity contribution in [2.45, 2.75) is 6.92 Å². The monoisotopic (exact) mass is 280 g/mol. The zero-order valence-corrected chi connectivity index (χ0v) is 10.5. The SMILES string of the molecule is CCNC(=O)c1cc(C(N)=O)c(C(=O)O)cc1C(=O)O. The Hall–Kier alpha value is -2.90. The number of hydrogen-bond donors (Lipinski definition) is 4. The zero-order chi connectivity index (χ0) is 15.4. The molecule has 0 aliphatic rings. The van der Waals surface area contributed by atoms with Gasteiger partial charge in [-0.15, -0.1) is 0 Å². The second-order valence-electron chi connectivity index (χ2n) is 3.78. The van der Waals surface area contributed by atoms with Crippen molar-refractivity contribution in [3.05, 3.63) is 34.4 Å². The highest BCUT2D eigenvalue weighted by Crippen LogP contribution is 2.18. The summed E-state index contributed by atoms with van der Waals surface area (Å²) in [6.45, 7) is 1.86. The minimum Gasteiger partial charge on any atom is -0.478 e. The fourth-order valence-electron chi connectivity index (χ4n) is 1.60. The Labute approximate surface area is 113 Å². The second kappa shape index (κ2) is 5.83. The highest BCUT2D eigenvalue weighted by Gasteiger charge is 2.24. The van der Waals surface area contributed by atoms with E-state index in [9.17, 15) is 19.2 Å². The van der Waals surface area contributed by atoms with Gasteiger partial charge in [0.2, 0.25) is 5.91 Å². The lowest BCUT2D eigenvalue weighted by Gasteiger charge is -2.10. The maximum absolute atomic E-state index is 11.8. The summed E-state index contributed by atoms with van der Waals surface area (Å²) >= 11 is 0. The number of carboxylic acids is 2. The van der Waals surface area contributed by atoms with Gasteiger partial charge < -0.3 is 21.3 Å². The molecule has 0 saturated heterocycles. The van der Waals surface area contributed by atoms with Crippen molar-refractivity contribution >= 4 is 23.8 Å². The predicted octanol–water partition coefficient (Wildman–Crippen LogP) is -0.0684. The topological polar surface area (TPSA) is 147 Å². The lowest BCUT2D eigenvalue weighted by molar-refractivity contribution is 0.0688. The molecule has 0 aliphatic heterocycles. The average molecular weight is 280 g/mol. The van der Waals surface area contributed by atoms with Crippen LogP contribution in [0.1, 0.15) is 48.4 Å². The van der Waals surface area contributed by atoms with Crippen LogP contribution in [0.5, 0.6) is 0 Å². The van der Waals surface area contributed by atoms with Crippen LogP contribution >= 0.6 is 0 Å². The number of nitrogens with two attached hydrogens (primary N) is 1. The van der Waals surface area contributed by atoms with Gasteiger partial charge in [-0.3, -0.25) is 9.59 Å². The van der Waals surface area contributed by atoms with Crippen molar-refractivity contribution in [3.63, 3.8) is 0 Å². The highest BCUT2D eigenvalue weighted by atomic mass is 16.4. The number of primary amides is 1. The first-order chi connectivity index (χ1) is 9.29. The van der Waals surface area contributed by atoms with Gasteiger partial charge in [0.1, 0.15) is 0 Å². The van der Waals surface area contributed by atoms with Gasteiger partial charge in [-0.05, 0) is 19.1 Å². The third-order valence-corrected chi connectivity index (χ3v) is 2.47. The Bertz CT molecular complexity index is 608. The van der Waals surface area contributed by atoms with E-state index in [4.69, 9.17) is 15.9 Å². The lowest BCUT2D eigenvalue weighted by atomic mass is 9.97. The smallest absolute Gasteiger partial charge is 0.336 e. The molecule has 0 aliphatic carbocycles. The molecule has 0 unspecified atom stereocenters. The van der Waals surface area contributed by atoms with E-state index >= 15 is 0 Å². The number of rotatable bonds is 5. The molecule has 1 rings (SSSR count). The lowest BCUT2D eigenvalue weighted by Crippen LogP contribution is -2.27. The summed E-state index contributed by atoms with van der Waals surface area (Å²) in [7, 11) is 0. The molecular formula is C12H12N2O6. The summed E-state index contributed by atoms with van der Waals surface area (Å²) in [6, 6.07) is 1.62. The third-order valence-electron chi connectivity index (χ3n) is 2.47. The van der Waals surface area contributed by atoms with E-state index in [0.29, 0.717) is 0 Å². The molecule has 0 saturated carbocycles. The largest absolute Gasteiger partial charge is 0.478 e. The zero-order valence-electron chi connectivity index (χ0n) is 10.5. The van der Waals surface area contributed by atoms with Gasteiger partial charge in [-0.1, -0.05) is 0 Å². The van der Waals surface area contributed by atoms with Crippen molar-refractivity contribution < 1.29 is 29.4 Å². The molecule has 8 nitrogen and oxygen atoms in total. The van der Waals surface area contributed by atoms with Crippen LogP contribution in [0, 0.1) is 0 Å². The predicted molar refractivity (Wildman–Crippen MR) is 66.9 cm³/mol. The Morgan fingerprint density at radius 2 is 1.45 bits per heavy atom. The van der Waals surface area contributed by atoms with Gasteiger partial charge in [0.15, 0.2) is 0 Å². The van der Waals surface area contributed by atoms with Crippen molar-refractivity contribution in [3.8, 4) is 0 Å². The van der Waals surface area contributed by atoms with Crippen LogP contribution in [-0.4, -0.2) is 40.5 Å². The molecule has 0 aromatic heterocycles. The number of carbonyl (C=O) groups is 4. The number of aromatic carboxylic acids is 2. The number of carbonyl (C=O) groups excluding carboxylic acids is 2. The number of hydrogen-bond acceptors (Lipinski definition) is 4. The summed E-state index contributed by atoms with van der Waals surface area (Å²) in [5.41, 5.74) is 3.21. The molecule has 0 heterocycles. The summed E-state index contributed by atoms with van der Waals surface area (Å²) in [5, 5.41) is 20.4. The van der Waals surface area contributed by atoms with E-state index in [1.807, 2.05) is 0 Å². The van der Waals surface area contributed by atoms with Crippen LogP contribution in [0.15, 0.2) is 12.1 Å². The first-order valence-corrected chi connectivity index (χ1v) is 5.52. The number of benzene rings is 1. The number of carboxylic acid groups (broad SMARTS) is 2. The summed E-state index contributed by atoms with van der Waals surface area (Å²) in [4.78, 5) is 45.1. The highest BCUT2D eigenvalue weighted by molar-refractivity contribution is 6.11. The first-order valence-electron chi connectivity index (χ1n) is 5.52.